The molecule has 0 radical (unpaired) electrons. The van der Waals surface area contributed by atoms with Crippen molar-refractivity contribution in [2.24, 2.45) is 10.7 Å². The highest BCUT2D eigenvalue weighted by Gasteiger charge is 2.81. The van der Waals surface area contributed by atoms with Crippen LogP contribution in [-0.4, -0.2) is 49.1 Å². The van der Waals surface area contributed by atoms with Gasteiger partial charge in [0.05, 0.1) is 11.8 Å². The van der Waals surface area contributed by atoms with Crippen molar-refractivity contribution in [1.82, 2.24) is 13.8 Å². The molecule has 0 spiro atoms. The molecule has 1 aromatic carbocycles. The molecule has 5 rings (SSSR count). The molecule has 168 valence electrons. The SMILES string of the molecule is C=C1C2C[N+]12c1cc(Cl)nc(OCc2ccc(F)c([C@]3(C)CS(=O)(=O)N(C)C(N)=N3)c2)c1. The molecule has 32 heavy (non-hydrogen) atoms. The summed E-state index contributed by atoms with van der Waals surface area (Å²) in [6.45, 7) is 6.70. The van der Waals surface area contributed by atoms with Crippen LogP contribution in [0.15, 0.2) is 47.6 Å². The Balaban J connectivity index is 1.40. The maximum Gasteiger partial charge on any atom is 0.239 e. The van der Waals surface area contributed by atoms with Crippen molar-refractivity contribution in [3.05, 3.63) is 64.7 Å². The van der Waals surface area contributed by atoms with E-state index >= 15 is 0 Å². The Hall–Kier alpha value is -2.69. The zero-order valence-electron chi connectivity index (χ0n) is 17.5. The number of ether oxygens (including phenoxy) is 1. The molecule has 3 aliphatic heterocycles. The van der Waals surface area contributed by atoms with Crippen LogP contribution in [0.25, 0.3) is 0 Å². The van der Waals surface area contributed by atoms with Gasteiger partial charge in [-0.05, 0) is 31.2 Å². The van der Waals surface area contributed by atoms with Gasteiger partial charge in [0.2, 0.25) is 27.9 Å². The fourth-order valence-corrected chi connectivity index (χ4v) is 5.97. The Morgan fingerprint density at radius 1 is 1.41 bits per heavy atom. The number of nitrogens with two attached hydrogens (primary N) is 1. The van der Waals surface area contributed by atoms with Gasteiger partial charge in [0.1, 0.15) is 28.8 Å². The number of hydrogen-bond acceptors (Lipinski definition) is 6. The van der Waals surface area contributed by atoms with Gasteiger partial charge in [-0.2, -0.15) is 0 Å². The summed E-state index contributed by atoms with van der Waals surface area (Å²) in [5, 5.41) is 0.323. The van der Waals surface area contributed by atoms with E-state index in [1.165, 1.54) is 13.1 Å². The van der Waals surface area contributed by atoms with Crippen molar-refractivity contribution < 1.29 is 17.5 Å². The van der Waals surface area contributed by atoms with Gasteiger partial charge >= 0.3 is 0 Å². The van der Waals surface area contributed by atoms with Gasteiger partial charge in [-0.15, -0.1) is 0 Å². The number of quaternary nitrogens is 1. The van der Waals surface area contributed by atoms with Crippen molar-refractivity contribution in [1.29, 1.82) is 0 Å². The minimum atomic E-state index is -3.72. The van der Waals surface area contributed by atoms with Gasteiger partial charge < -0.3 is 10.5 Å². The zero-order chi connectivity index (χ0) is 23.1. The number of nitrogens with zero attached hydrogens (tertiary/aromatic N) is 4. The van der Waals surface area contributed by atoms with Gasteiger partial charge in [0.15, 0.2) is 12.2 Å². The monoisotopic (exact) mass is 478 g/mol. The second kappa shape index (κ2) is 6.66. The Labute approximate surface area is 190 Å². The third-order valence-electron chi connectivity index (χ3n) is 6.47. The third kappa shape index (κ3) is 3.16. The van der Waals surface area contributed by atoms with Crippen LogP contribution in [0.4, 0.5) is 10.1 Å². The number of pyridine rings is 1. The quantitative estimate of drug-likeness (QED) is 0.404. The molecule has 0 aliphatic carbocycles. The van der Waals surface area contributed by atoms with Crippen molar-refractivity contribution in [3.63, 3.8) is 0 Å². The number of benzene rings is 1. The minimum Gasteiger partial charge on any atom is -0.473 e. The van der Waals surface area contributed by atoms with Crippen LogP contribution in [0.5, 0.6) is 5.88 Å². The summed E-state index contributed by atoms with van der Waals surface area (Å²) in [5.41, 5.74) is 7.33. The predicted molar refractivity (Wildman–Crippen MR) is 120 cm³/mol. The largest absolute Gasteiger partial charge is 0.473 e. The first-order chi connectivity index (χ1) is 15.0. The van der Waals surface area contributed by atoms with E-state index in [9.17, 15) is 12.8 Å². The number of halogens is 2. The number of aliphatic imine (C=N–C) groups is 1. The molecule has 4 heterocycles. The second-order valence-corrected chi connectivity index (χ2v) is 11.0. The highest BCUT2D eigenvalue weighted by atomic mass is 35.5. The predicted octanol–water partition coefficient (Wildman–Crippen LogP) is 2.48. The fraction of sp³-hybridized carbons (Fsp3) is 0.333. The topological polar surface area (TPSA) is 97.9 Å². The van der Waals surface area contributed by atoms with E-state index in [4.69, 9.17) is 22.1 Å². The van der Waals surface area contributed by atoms with Crippen molar-refractivity contribution in [3.8, 4) is 5.88 Å². The van der Waals surface area contributed by atoms with Gasteiger partial charge in [-0.1, -0.05) is 17.7 Å². The molecule has 3 atom stereocenters. The van der Waals surface area contributed by atoms with Crippen LogP contribution in [-0.2, 0) is 22.2 Å². The van der Waals surface area contributed by atoms with E-state index in [1.807, 2.05) is 12.1 Å². The molecule has 2 fully saturated rings. The Kier molecular flexibility index (Phi) is 4.41. The van der Waals surface area contributed by atoms with Crippen LogP contribution in [0.2, 0.25) is 5.15 Å². The summed E-state index contributed by atoms with van der Waals surface area (Å²) in [5.74, 6) is -0.804. The number of guanidine groups is 1. The third-order valence-corrected chi connectivity index (χ3v) is 8.61. The average molecular weight is 479 g/mol. The lowest BCUT2D eigenvalue weighted by molar-refractivity contribution is 0.293. The highest BCUT2D eigenvalue weighted by molar-refractivity contribution is 7.89. The van der Waals surface area contributed by atoms with E-state index in [1.54, 1.807) is 19.1 Å². The Morgan fingerprint density at radius 3 is 2.75 bits per heavy atom. The van der Waals surface area contributed by atoms with Gasteiger partial charge in [-0.3, -0.25) is 0 Å². The molecule has 8 nitrogen and oxygen atoms in total. The summed E-state index contributed by atoms with van der Waals surface area (Å²) in [4.78, 5) is 8.49. The standard InChI is InChI=1S/C21H22ClFN5O3S/c1-12-17-9-28(12,17)14-7-18(22)25-19(8-14)31-10-13-4-5-16(23)15(6-13)21(2)11-32(29,30)27(3)20(24)26-21/h4-8,17H,1,9-11H2,2-3H3,(H2,24,26)/q+1/t17?,21-,28?/m0/s1. The molecular formula is C21H22ClFN5O3S+. The van der Waals surface area contributed by atoms with Gasteiger partial charge in [0.25, 0.3) is 0 Å². The molecule has 2 N–H and O–H groups in total. The summed E-state index contributed by atoms with van der Waals surface area (Å²) < 4.78 is 47.1. The first-order valence-electron chi connectivity index (χ1n) is 9.95. The summed E-state index contributed by atoms with van der Waals surface area (Å²) >= 11 is 6.18. The lowest BCUT2D eigenvalue weighted by atomic mass is 9.92. The highest BCUT2D eigenvalue weighted by Crippen LogP contribution is 2.62. The number of aromatic nitrogens is 1. The molecule has 2 aromatic rings. The van der Waals surface area contributed by atoms with Crippen LogP contribution in [0, 0.1) is 5.82 Å². The molecule has 0 amide bonds. The van der Waals surface area contributed by atoms with E-state index in [-0.39, 0.29) is 18.1 Å². The number of rotatable bonds is 5. The maximum absolute atomic E-state index is 14.7. The van der Waals surface area contributed by atoms with Crippen molar-refractivity contribution in [2.75, 3.05) is 19.3 Å². The number of hydrogen-bond donors (Lipinski definition) is 1. The molecule has 11 heteroatoms. The van der Waals surface area contributed by atoms with E-state index < -0.39 is 27.1 Å². The lowest BCUT2D eigenvalue weighted by Crippen LogP contribution is -2.50. The summed E-state index contributed by atoms with van der Waals surface area (Å²) in [6, 6.07) is 8.51. The molecule has 2 saturated heterocycles. The van der Waals surface area contributed by atoms with E-state index in [0.717, 1.165) is 26.7 Å². The molecule has 1 aromatic heterocycles. The fourth-order valence-electron chi connectivity index (χ4n) is 4.32. The van der Waals surface area contributed by atoms with Gasteiger partial charge in [-0.25, -0.2) is 31.6 Å². The maximum atomic E-state index is 14.7. The number of fused-ring (bicyclic) bond motifs is 1. The van der Waals surface area contributed by atoms with Crippen LogP contribution < -0.4 is 15.0 Å². The first-order valence-corrected chi connectivity index (χ1v) is 11.9. The van der Waals surface area contributed by atoms with E-state index in [2.05, 4.69) is 16.6 Å². The molecule has 2 unspecified atom stereocenters. The Bertz CT molecular complexity index is 1320. The van der Waals surface area contributed by atoms with Crippen LogP contribution >= 0.6 is 11.6 Å². The summed E-state index contributed by atoms with van der Waals surface area (Å²) in [7, 11) is -2.40. The van der Waals surface area contributed by atoms with Crippen molar-refractivity contribution in [2.45, 2.75) is 25.1 Å². The van der Waals surface area contributed by atoms with E-state index in [0.29, 0.717) is 22.6 Å². The van der Waals surface area contributed by atoms with Crippen molar-refractivity contribution >= 4 is 33.3 Å². The zero-order valence-corrected chi connectivity index (χ0v) is 19.1. The van der Waals surface area contributed by atoms with Gasteiger partial charge in [0, 0.05) is 18.7 Å². The average Bonchev–Trinajstić information content (AvgIpc) is 3.60. The molecule has 3 aliphatic rings. The second-order valence-electron chi connectivity index (χ2n) is 8.62. The smallest absolute Gasteiger partial charge is 0.239 e. The first kappa shape index (κ1) is 21.2. The van der Waals surface area contributed by atoms with Crippen LogP contribution in [0.3, 0.4) is 0 Å². The summed E-state index contributed by atoms with van der Waals surface area (Å²) in [6.07, 6.45) is 0. The minimum absolute atomic E-state index is 0.0896. The molecular weight excluding hydrogens is 457 g/mol. The normalized spacial score (nSPS) is 29.9. The van der Waals surface area contributed by atoms with Crippen LogP contribution in [0.1, 0.15) is 18.1 Å². The molecule has 0 saturated carbocycles. The lowest BCUT2D eigenvalue weighted by Gasteiger charge is -2.34. The number of sulfonamides is 1. The molecule has 0 bridgehead atoms. The Morgan fingerprint density at radius 2 is 2.12 bits per heavy atom.